The van der Waals surface area contributed by atoms with Gasteiger partial charge in [0.25, 0.3) is 0 Å². The Hall–Kier alpha value is -4.26. The van der Waals surface area contributed by atoms with Crippen molar-refractivity contribution in [1.29, 1.82) is 0 Å². The fourth-order valence-corrected chi connectivity index (χ4v) is 6.55. The molecule has 0 saturated heterocycles. The van der Waals surface area contributed by atoms with E-state index >= 15 is 0 Å². The minimum absolute atomic E-state index is 0.000373. The number of hydrogen-bond acceptors (Lipinski definition) is 4. The van der Waals surface area contributed by atoms with Crippen LogP contribution in [0.15, 0.2) is 18.2 Å². The van der Waals surface area contributed by atoms with Gasteiger partial charge < -0.3 is 15.1 Å². The molecule has 7 heteroatoms. The van der Waals surface area contributed by atoms with E-state index in [1.165, 1.54) is 16.7 Å². The zero-order chi connectivity index (χ0) is 28.5. The molecule has 204 valence electrons. The molecule has 6 rings (SSSR count). The van der Waals surface area contributed by atoms with Crippen LogP contribution in [0.4, 0.5) is 0 Å². The molecule has 3 aromatic heterocycles. The summed E-state index contributed by atoms with van der Waals surface area (Å²) in [6.45, 7) is 12.5. The number of rotatable bonds is 5. The van der Waals surface area contributed by atoms with Gasteiger partial charge in [-0.15, -0.1) is 0 Å². The number of carbonyl (C=O) groups is 2. The summed E-state index contributed by atoms with van der Waals surface area (Å²) in [7, 11) is 0. The summed E-state index contributed by atoms with van der Waals surface area (Å²) in [4.78, 5) is 42.2. The molecule has 7 nitrogen and oxygen atoms in total. The highest BCUT2D eigenvalue weighted by Crippen LogP contribution is 2.41. The summed E-state index contributed by atoms with van der Waals surface area (Å²) in [5.41, 5.74) is 16.1. The van der Waals surface area contributed by atoms with Crippen LogP contribution < -0.4 is 0 Å². The molecule has 3 aromatic rings. The average molecular weight is 535 g/mol. The van der Waals surface area contributed by atoms with Gasteiger partial charge in [0.1, 0.15) is 0 Å². The molecule has 0 aromatic carbocycles. The number of fused-ring (bicyclic) bond motifs is 8. The number of aromatic nitrogens is 4. The topological polar surface area (TPSA) is 112 Å². The number of aryl methyl sites for hydroxylation is 3. The zero-order valence-electron chi connectivity index (χ0n) is 23.9. The smallest absolute Gasteiger partial charge is 0.303 e. The van der Waals surface area contributed by atoms with Crippen LogP contribution in [0.1, 0.15) is 102 Å². The highest BCUT2D eigenvalue weighted by Gasteiger charge is 2.31. The molecular formula is C33H34N4O3. The number of carboxylic acids is 1. The molecule has 2 aliphatic heterocycles. The summed E-state index contributed by atoms with van der Waals surface area (Å²) < 4.78 is 0. The van der Waals surface area contributed by atoms with E-state index in [1.54, 1.807) is 0 Å². The van der Waals surface area contributed by atoms with Crippen molar-refractivity contribution < 1.29 is 14.7 Å². The van der Waals surface area contributed by atoms with Crippen molar-refractivity contribution in [3.05, 3.63) is 68.8 Å². The highest BCUT2D eigenvalue weighted by atomic mass is 16.4. The molecule has 3 N–H and O–H groups in total. The van der Waals surface area contributed by atoms with E-state index in [9.17, 15) is 14.7 Å². The second kappa shape index (κ2) is 9.44. The van der Waals surface area contributed by atoms with Gasteiger partial charge >= 0.3 is 5.97 Å². The first-order valence-corrected chi connectivity index (χ1v) is 14.0. The zero-order valence-corrected chi connectivity index (χ0v) is 23.9. The Morgan fingerprint density at radius 1 is 0.850 bits per heavy atom. The quantitative estimate of drug-likeness (QED) is 0.316. The van der Waals surface area contributed by atoms with Crippen LogP contribution in [0.5, 0.6) is 0 Å². The number of ketones is 1. The highest BCUT2D eigenvalue weighted by molar-refractivity contribution is 6.14. The van der Waals surface area contributed by atoms with Gasteiger partial charge in [0.05, 0.1) is 28.3 Å². The molecule has 0 unspecified atom stereocenters. The van der Waals surface area contributed by atoms with Gasteiger partial charge in [-0.25, -0.2) is 9.97 Å². The Morgan fingerprint density at radius 3 is 2.20 bits per heavy atom. The van der Waals surface area contributed by atoms with E-state index in [0.29, 0.717) is 12.0 Å². The third-order valence-corrected chi connectivity index (χ3v) is 8.82. The van der Waals surface area contributed by atoms with Crippen LogP contribution in [0, 0.1) is 13.8 Å². The summed E-state index contributed by atoms with van der Waals surface area (Å²) in [5, 5.41) is 9.48. The normalized spacial score (nSPS) is 14.6. The number of nitrogens with one attached hydrogen (secondary N) is 2. The maximum Gasteiger partial charge on any atom is 0.303 e. The van der Waals surface area contributed by atoms with Crippen molar-refractivity contribution in [3.8, 4) is 0 Å². The lowest BCUT2D eigenvalue weighted by molar-refractivity contribution is -0.136. The minimum atomic E-state index is -0.854. The number of hydrogen-bond donors (Lipinski definition) is 3. The lowest BCUT2D eigenvalue weighted by atomic mass is 9.98. The van der Waals surface area contributed by atoms with Crippen LogP contribution in [0.2, 0.25) is 0 Å². The Morgan fingerprint density at radius 2 is 1.50 bits per heavy atom. The first-order valence-electron chi connectivity index (χ1n) is 14.0. The van der Waals surface area contributed by atoms with Crippen LogP contribution in [0.25, 0.3) is 44.4 Å². The van der Waals surface area contributed by atoms with Crippen LogP contribution in [0.3, 0.4) is 0 Å². The lowest BCUT2D eigenvalue weighted by Crippen LogP contribution is -2.00. The molecule has 0 atom stereocenters. The SMILES string of the molecule is CCC1=C(C)c2cc3[nH]c(cc4nc(c5c6[nH]c(cc1n2)c(C)c6C(=O)C5)C(CCC(=O)O)=C4C)c(C)c3CC. The Kier molecular flexibility index (Phi) is 6.13. The van der Waals surface area contributed by atoms with E-state index in [1.807, 2.05) is 13.8 Å². The summed E-state index contributed by atoms with van der Waals surface area (Å²) in [6, 6.07) is 6.27. The summed E-state index contributed by atoms with van der Waals surface area (Å²) in [6.07, 6.45) is 2.32. The fourth-order valence-electron chi connectivity index (χ4n) is 6.55. The number of carboxylic acid groups (broad SMARTS) is 1. The van der Waals surface area contributed by atoms with Gasteiger partial charge in [0.2, 0.25) is 0 Å². The van der Waals surface area contributed by atoms with Crippen LogP contribution in [-0.4, -0.2) is 36.8 Å². The number of aliphatic carboxylic acids is 1. The first-order chi connectivity index (χ1) is 19.1. The maximum atomic E-state index is 13.4. The largest absolute Gasteiger partial charge is 0.481 e. The van der Waals surface area contributed by atoms with Crippen molar-refractivity contribution in [2.45, 2.75) is 73.6 Å². The molecular weight excluding hydrogens is 500 g/mol. The van der Waals surface area contributed by atoms with Gasteiger partial charge in [-0.05, 0) is 104 Å². The molecule has 5 heterocycles. The molecule has 0 spiro atoms. The van der Waals surface area contributed by atoms with Crippen LogP contribution >= 0.6 is 0 Å². The first kappa shape index (κ1) is 26.0. The lowest BCUT2D eigenvalue weighted by Gasteiger charge is -2.05. The predicted octanol–water partition coefficient (Wildman–Crippen LogP) is 7.37. The number of nitrogens with zero attached hydrogens (tertiary/aromatic N) is 2. The molecule has 0 amide bonds. The van der Waals surface area contributed by atoms with Crippen molar-refractivity contribution in [2.75, 3.05) is 0 Å². The molecule has 3 aliphatic rings. The second-order valence-electron chi connectivity index (χ2n) is 11.0. The number of Topliss-reactive ketones (excluding diaryl/α,β-unsaturated/α-hetero) is 1. The Labute approximate surface area is 233 Å². The van der Waals surface area contributed by atoms with E-state index < -0.39 is 5.97 Å². The van der Waals surface area contributed by atoms with Crippen molar-refractivity contribution >= 4 is 56.1 Å². The third-order valence-electron chi connectivity index (χ3n) is 8.82. The Balaban J connectivity index is 1.79. The molecule has 8 bridgehead atoms. The van der Waals surface area contributed by atoms with E-state index in [4.69, 9.17) is 9.97 Å². The number of carbonyl (C=O) groups excluding carboxylic acids is 1. The van der Waals surface area contributed by atoms with E-state index in [-0.39, 0.29) is 18.6 Å². The van der Waals surface area contributed by atoms with E-state index in [2.05, 4.69) is 55.9 Å². The van der Waals surface area contributed by atoms with Gasteiger partial charge in [0, 0.05) is 40.5 Å². The van der Waals surface area contributed by atoms with Gasteiger partial charge in [-0.2, -0.15) is 0 Å². The third kappa shape index (κ3) is 3.86. The predicted molar refractivity (Wildman–Crippen MR) is 160 cm³/mol. The van der Waals surface area contributed by atoms with Crippen LogP contribution in [-0.2, 0) is 17.6 Å². The second-order valence-corrected chi connectivity index (χ2v) is 11.0. The van der Waals surface area contributed by atoms with Gasteiger partial charge in [-0.1, -0.05) is 13.8 Å². The van der Waals surface area contributed by atoms with Gasteiger partial charge in [0.15, 0.2) is 5.78 Å². The number of allylic oxidation sites excluding steroid dienone is 4. The molecule has 0 saturated carbocycles. The fraction of sp³-hybridized carbons (Fsp3) is 0.333. The summed E-state index contributed by atoms with van der Waals surface area (Å²) in [5.74, 6) is -0.795. The number of aromatic amines is 2. The minimum Gasteiger partial charge on any atom is -0.481 e. The van der Waals surface area contributed by atoms with Gasteiger partial charge in [-0.3, -0.25) is 9.59 Å². The molecule has 40 heavy (non-hydrogen) atoms. The van der Waals surface area contributed by atoms with Crippen molar-refractivity contribution in [2.24, 2.45) is 0 Å². The average Bonchev–Trinajstić information content (AvgIpc) is 3.65. The number of H-pyrrole nitrogens is 2. The monoisotopic (exact) mass is 534 g/mol. The Bertz CT molecular complexity index is 1880. The molecule has 0 fully saturated rings. The van der Waals surface area contributed by atoms with Crippen molar-refractivity contribution in [1.82, 2.24) is 19.9 Å². The van der Waals surface area contributed by atoms with Crippen molar-refractivity contribution in [3.63, 3.8) is 0 Å². The standard InChI is InChI=1S/C33H34N4O3/c1-7-19-15(3)23-12-25-17(5)21(9-10-30(39)40)32(36-25)22-11-29(38)31-18(6)26(37-33(22)31)14-28-20(8-2)16(4)24(35-28)13-27(19)34-23/h12-14,34,37H,7-11H2,1-6H3,(H,39,40). The molecule has 1 aliphatic carbocycles. The molecule has 0 radical (unpaired) electrons. The maximum absolute atomic E-state index is 13.4. The summed E-state index contributed by atoms with van der Waals surface area (Å²) >= 11 is 0. The van der Waals surface area contributed by atoms with E-state index in [0.717, 1.165) is 85.5 Å².